The van der Waals surface area contributed by atoms with Crippen LogP contribution in [0, 0.1) is 0 Å². The van der Waals surface area contributed by atoms with E-state index in [9.17, 15) is 20.1 Å². The van der Waals surface area contributed by atoms with Crippen molar-refractivity contribution in [1.82, 2.24) is 5.43 Å². The number of hydrogen-bond donors (Lipinski definition) is 4. The molecule has 2 aromatic carbocycles. The summed E-state index contributed by atoms with van der Waals surface area (Å²) in [5.41, 5.74) is 2.78. The second kappa shape index (κ2) is 6.80. The number of carbonyl (C=O) groups is 1. The molecule has 0 heterocycles. The van der Waals surface area contributed by atoms with Gasteiger partial charge >= 0.3 is 0 Å². The van der Waals surface area contributed by atoms with Crippen molar-refractivity contribution in [3.05, 3.63) is 50.4 Å². The standard InChI is InChI=1S/C14H10Br2N2O4/c15-11-7(5-10(20)13(21)12(11)16)6-17-18-14(22)8-3-1-2-4-9(8)19/h1-6,19-21H,(H,18,22)/b17-6-. The van der Waals surface area contributed by atoms with Crippen LogP contribution in [0.2, 0.25) is 0 Å². The molecule has 22 heavy (non-hydrogen) atoms. The quantitative estimate of drug-likeness (QED) is 0.342. The molecule has 0 aliphatic heterocycles. The topological polar surface area (TPSA) is 102 Å². The van der Waals surface area contributed by atoms with Gasteiger partial charge in [-0.15, -0.1) is 0 Å². The Morgan fingerprint density at radius 3 is 2.45 bits per heavy atom. The molecule has 1 amide bonds. The monoisotopic (exact) mass is 428 g/mol. The van der Waals surface area contributed by atoms with Gasteiger partial charge in [0.25, 0.3) is 5.91 Å². The van der Waals surface area contributed by atoms with E-state index in [0.717, 1.165) is 0 Å². The van der Waals surface area contributed by atoms with Crippen molar-refractivity contribution in [2.45, 2.75) is 0 Å². The smallest absolute Gasteiger partial charge is 0.275 e. The molecule has 0 aliphatic carbocycles. The fourth-order valence-corrected chi connectivity index (χ4v) is 2.44. The highest BCUT2D eigenvalue weighted by atomic mass is 79.9. The van der Waals surface area contributed by atoms with E-state index in [1.807, 2.05) is 0 Å². The van der Waals surface area contributed by atoms with Gasteiger partial charge in [-0.05, 0) is 50.1 Å². The molecule has 114 valence electrons. The van der Waals surface area contributed by atoms with Crippen LogP contribution in [0.4, 0.5) is 0 Å². The van der Waals surface area contributed by atoms with Gasteiger partial charge in [0.05, 0.1) is 16.3 Å². The van der Waals surface area contributed by atoms with E-state index >= 15 is 0 Å². The van der Waals surface area contributed by atoms with E-state index in [2.05, 4.69) is 42.4 Å². The average Bonchev–Trinajstić information content (AvgIpc) is 2.50. The summed E-state index contributed by atoms with van der Waals surface area (Å²) >= 11 is 6.34. The summed E-state index contributed by atoms with van der Waals surface area (Å²) in [4.78, 5) is 11.8. The zero-order valence-electron chi connectivity index (χ0n) is 10.9. The summed E-state index contributed by atoms with van der Waals surface area (Å²) in [6.07, 6.45) is 1.28. The highest BCUT2D eigenvalue weighted by Crippen LogP contribution is 2.40. The molecule has 6 nitrogen and oxygen atoms in total. The number of phenolic OH excluding ortho intramolecular Hbond substituents is 3. The first-order chi connectivity index (χ1) is 10.4. The van der Waals surface area contributed by atoms with Gasteiger partial charge in [0, 0.05) is 10.0 Å². The van der Waals surface area contributed by atoms with Crippen LogP contribution in [0.25, 0.3) is 0 Å². The van der Waals surface area contributed by atoms with E-state index in [1.54, 1.807) is 12.1 Å². The van der Waals surface area contributed by atoms with Crippen molar-refractivity contribution in [2.24, 2.45) is 5.10 Å². The van der Waals surface area contributed by atoms with Gasteiger partial charge in [-0.1, -0.05) is 12.1 Å². The molecule has 0 unspecified atom stereocenters. The van der Waals surface area contributed by atoms with E-state index in [-0.39, 0.29) is 27.3 Å². The van der Waals surface area contributed by atoms with Gasteiger partial charge in [-0.2, -0.15) is 5.10 Å². The number of nitrogens with one attached hydrogen (secondary N) is 1. The van der Waals surface area contributed by atoms with Crippen molar-refractivity contribution < 1.29 is 20.1 Å². The maximum absolute atomic E-state index is 11.8. The third kappa shape index (κ3) is 3.40. The minimum Gasteiger partial charge on any atom is -0.507 e. The Balaban J connectivity index is 2.17. The lowest BCUT2D eigenvalue weighted by molar-refractivity contribution is 0.0952. The lowest BCUT2D eigenvalue weighted by Gasteiger charge is -2.06. The molecule has 0 bridgehead atoms. The second-order valence-corrected chi connectivity index (χ2v) is 5.76. The van der Waals surface area contributed by atoms with Crippen LogP contribution in [0.3, 0.4) is 0 Å². The Hall–Kier alpha value is -2.06. The van der Waals surface area contributed by atoms with Crippen molar-refractivity contribution >= 4 is 44.0 Å². The van der Waals surface area contributed by atoms with Crippen molar-refractivity contribution in [2.75, 3.05) is 0 Å². The molecule has 0 aliphatic rings. The van der Waals surface area contributed by atoms with Crippen molar-refractivity contribution in [1.29, 1.82) is 0 Å². The minimum absolute atomic E-state index is 0.0912. The summed E-state index contributed by atoms with van der Waals surface area (Å²) in [5.74, 6) is -1.36. The van der Waals surface area contributed by atoms with E-state index in [4.69, 9.17) is 0 Å². The Morgan fingerprint density at radius 2 is 1.77 bits per heavy atom. The number of benzene rings is 2. The maximum atomic E-state index is 11.8. The fraction of sp³-hybridized carbons (Fsp3) is 0. The molecule has 2 aromatic rings. The Kier molecular flexibility index (Phi) is 5.04. The summed E-state index contributed by atoms with van der Waals surface area (Å²) in [5, 5.41) is 32.4. The SMILES string of the molecule is O=C(N/N=C\c1cc(O)c(O)c(Br)c1Br)c1ccccc1O. The molecular formula is C14H10Br2N2O4. The normalized spacial score (nSPS) is 10.8. The number of phenols is 3. The number of nitrogens with zero attached hydrogens (tertiary/aromatic N) is 1. The number of amides is 1. The molecule has 0 aromatic heterocycles. The van der Waals surface area contributed by atoms with Crippen LogP contribution < -0.4 is 5.43 Å². The molecule has 0 radical (unpaired) electrons. The van der Waals surface area contributed by atoms with Crippen molar-refractivity contribution in [3.8, 4) is 17.2 Å². The maximum Gasteiger partial charge on any atom is 0.275 e. The van der Waals surface area contributed by atoms with Crippen molar-refractivity contribution in [3.63, 3.8) is 0 Å². The molecular weight excluding hydrogens is 420 g/mol. The molecule has 0 fully saturated rings. The molecule has 0 saturated carbocycles. The van der Waals surface area contributed by atoms with Crippen LogP contribution in [0.5, 0.6) is 17.2 Å². The van der Waals surface area contributed by atoms with E-state index in [1.165, 1.54) is 24.4 Å². The van der Waals surface area contributed by atoms with Crippen LogP contribution in [-0.2, 0) is 0 Å². The first-order valence-corrected chi connectivity index (χ1v) is 7.51. The fourth-order valence-electron chi connectivity index (χ4n) is 1.60. The number of hydrazone groups is 1. The summed E-state index contributed by atoms with van der Waals surface area (Å²) < 4.78 is 0.726. The Labute approximate surface area is 142 Å². The Morgan fingerprint density at radius 1 is 1.09 bits per heavy atom. The summed E-state index contributed by atoms with van der Waals surface area (Å²) in [7, 11) is 0. The third-order valence-corrected chi connectivity index (χ3v) is 4.87. The number of carbonyl (C=O) groups excluding carboxylic acids is 1. The minimum atomic E-state index is -0.576. The van der Waals surface area contributed by atoms with Crippen LogP contribution in [-0.4, -0.2) is 27.4 Å². The van der Waals surface area contributed by atoms with E-state index in [0.29, 0.717) is 10.0 Å². The zero-order valence-corrected chi connectivity index (χ0v) is 14.1. The average molecular weight is 430 g/mol. The highest BCUT2D eigenvalue weighted by molar-refractivity contribution is 9.13. The number of hydrogen-bond acceptors (Lipinski definition) is 5. The first kappa shape index (κ1) is 16.3. The summed E-state index contributed by atoms with van der Waals surface area (Å²) in [6, 6.07) is 7.34. The van der Waals surface area contributed by atoms with Gasteiger partial charge in [0.2, 0.25) is 0 Å². The van der Waals surface area contributed by atoms with Gasteiger partial charge in [-0.3, -0.25) is 4.79 Å². The van der Waals surface area contributed by atoms with Crippen LogP contribution >= 0.6 is 31.9 Å². The van der Waals surface area contributed by atoms with Gasteiger partial charge in [0.1, 0.15) is 5.75 Å². The van der Waals surface area contributed by atoms with Gasteiger partial charge < -0.3 is 15.3 Å². The zero-order chi connectivity index (χ0) is 16.3. The first-order valence-electron chi connectivity index (χ1n) is 5.93. The number of aromatic hydroxyl groups is 3. The third-order valence-electron chi connectivity index (χ3n) is 2.71. The van der Waals surface area contributed by atoms with Crippen LogP contribution in [0.15, 0.2) is 44.4 Å². The largest absolute Gasteiger partial charge is 0.507 e. The molecule has 0 spiro atoms. The molecule has 8 heteroatoms. The lowest BCUT2D eigenvalue weighted by Crippen LogP contribution is -2.17. The predicted molar refractivity (Wildman–Crippen MR) is 88.3 cm³/mol. The molecule has 2 rings (SSSR count). The van der Waals surface area contributed by atoms with Crippen LogP contribution in [0.1, 0.15) is 15.9 Å². The molecule has 0 atom stereocenters. The number of rotatable bonds is 3. The molecule has 4 N–H and O–H groups in total. The Bertz CT molecular complexity index is 763. The predicted octanol–water partition coefficient (Wildman–Crippen LogP) is 3.09. The lowest BCUT2D eigenvalue weighted by atomic mass is 10.2. The molecule has 0 saturated heterocycles. The van der Waals surface area contributed by atoms with Gasteiger partial charge in [-0.25, -0.2) is 5.43 Å². The van der Waals surface area contributed by atoms with E-state index < -0.39 is 5.91 Å². The number of para-hydroxylation sites is 1. The van der Waals surface area contributed by atoms with Gasteiger partial charge in [0.15, 0.2) is 11.5 Å². The number of halogens is 2. The second-order valence-electron chi connectivity index (χ2n) is 4.18. The highest BCUT2D eigenvalue weighted by Gasteiger charge is 2.13. The summed E-state index contributed by atoms with van der Waals surface area (Å²) in [6.45, 7) is 0.